The lowest BCUT2D eigenvalue weighted by Crippen LogP contribution is -2.02. The van der Waals surface area contributed by atoms with Crippen molar-refractivity contribution < 1.29 is 18.7 Å². The van der Waals surface area contributed by atoms with Crippen LogP contribution < -0.4 is 4.74 Å². The number of carbonyl (C=O) groups is 1. The van der Waals surface area contributed by atoms with Crippen LogP contribution in [0.1, 0.15) is 15.9 Å². The van der Waals surface area contributed by atoms with Gasteiger partial charge in [0.05, 0.1) is 43.7 Å². The largest absolute Gasteiger partial charge is 0.497 e. The first-order chi connectivity index (χ1) is 14.1. The van der Waals surface area contributed by atoms with Crippen LogP contribution >= 0.6 is 0 Å². The molecule has 0 radical (unpaired) electrons. The predicted octanol–water partition coefficient (Wildman–Crippen LogP) is 4.08. The lowest BCUT2D eigenvalue weighted by molar-refractivity contribution is 0.0600. The van der Waals surface area contributed by atoms with E-state index in [1.165, 1.54) is 19.2 Å². The molecule has 0 unspecified atom stereocenters. The molecule has 0 N–H and O–H groups in total. The Labute approximate surface area is 166 Å². The van der Waals surface area contributed by atoms with Gasteiger partial charge >= 0.3 is 5.97 Å². The Hall–Kier alpha value is -3.74. The summed E-state index contributed by atoms with van der Waals surface area (Å²) in [4.78, 5) is 16.0. The van der Waals surface area contributed by atoms with Crippen molar-refractivity contribution in [2.75, 3.05) is 14.2 Å². The second kappa shape index (κ2) is 7.71. The Morgan fingerprint density at radius 3 is 2.59 bits per heavy atom. The van der Waals surface area contributed by atoms with E-state index >= 15 is 0 Å². The fourth-order valence-corrected chi connectivity index (χ4v) is 3.20. The normalized spacial score (nSPS) is 10.9. The maximum Gasteiger partial charge on any atom is 0.337 e. The van der Waals surface area contributed by atoms with Crippen molar-refractivity contribution in [2.24, 2.45) is 0 Å². The number of halogens is 1. The molecule has 0 saturated carbocycles. The average Bonchev–Trinajstić information content (AvgIpc) is 3.16. The number of ether oxygens (including phenoxy) is 2. The zero-order chi connectivity index (χ0) is 20.4. The van der Waals surface area contributed by atoms with Crippen LogP contribution in [0.25, 0.3) is 22.2 Å². The molecule has 0 amide bonds. The smallest absolute Gasteiger partial charge is 0.337 e. The highest BCUT2D eigenvalue weighted by molar-refractivity contribution is 5.94. The lowest BCUT2D eigenvalue weighted by Gasteiger charge is -2.08. The number of rotatable bonds is 5. The maximum absolute atomic E-state index is 14.7. The van der Waals surface area contributed by atoms with E-state index in [-0.39, 0.29) is 5.56 Å². The number of fused-ring (bicyclic) bond motifs is 1. The van der Waals surface area contributed by atoms with Crippen LogP contribution in [-0.4, -0.2) is 35.0 Å². The number of esters is 1. The third-order valence-electron chi connectivity index (χ3n) is 4.71. The lowest BCUT2D eigenvalue weighted by atomic mass is 10.0. The van der Waals surface area contributed by atoms with Crippen LogP contribution in [-0.2, 0) is 11.3 Å². The standard InChI is InChI=1S/C22H18FN3O3/c1-28-16-6-3-14(4-7-16)13-26-20-9-10-24-21(18(20)12-25-26)17-8-5-15(11-19(17)23)22(27)29-2/h3-12H,13H2,1-2H3. The van der Waals surface area contributed by atoms with Crippen molar-refractivity contribution in [1.29, 1.82) is 0 Å². The highest BCUT2D eigenvalue weighted by Crippen LogP contribution is 2.29. The number of aromatic nitrogens is 3. The number of methoxy groups -OCH3 is 2. The van der Waals surface area contributed by atoms with Gasteiger partial charge < -0.3 is 9.47 Å². The predicted molar refractivity (Wildman–Crippen MR) is 106 cm³/mol. The third-order valence-corrected chi connectivity index (χ3v) is 4.71. The van der Waals surface area contributed by atoms with Crippen LogP contribution in [0.4, 0.5) is 4.39 Å². The van der Waals surface area contributed by atoms with Crippen molar-refractivity contribution in [2.45, 2.75) is 6.54 Å². The molecule has 29 heavy (non-hydrogen) atoms. The number of carbonyl (C=O) groups excluding carboxylic acids is 1. The molecule has 4 aromatic rings. The van der Waals surface area contributed by atoms with Crippen molar-refractivity contribution in [3.63, 3.8) is 0 Å². The number of pyridine rings is 1. The van der Waals surface area contributed by atoms with Gasteiger partial charge in [0.2, 0.25) is 0 Å². The monoisotopic (exact) mass is 391 g/mol. The first-order valence-corrected chi connectivity index (χ1v) is 8.92. The van der Waals surface area contributed by atoms with Crippen molar-refractivity contribution >= 4 is 16.9 Å². The Morgan fingerprint density at radius 2 is 1.90 bits per heavy atom. The molecule has 2 aromatic heterocycles. The van der Waals surface area contributed by atoms with Gasteiger partial charge in [-0.15, -0.1) is 0 Å². The van der Waals surface area contributed by atoms with Crippen LogP contribution in [0.3, 0.4) is 0 Å². The molecule has 0 bridgehead atoms. The summed E-state index contributed by atoms with van der Waals surface area (Å²) in [6.07, 6.45) is 3.30. The summed E-state index contributed by atoms with van der Waals surface area (Å²) < 4.78 is 26.4. The molecule has 0 aliphatic rings. The fraction of sp³-hybridized carbons (Fsp3) is 0.136. The molecule has 0 saturated heterocycles. The summed E-state index contributed by atoms with van der Waals surface area (Å²) >= 11 is 0. The van der Waals surface area contributed by atoms with Gasteiger partial charge in [0, 0.05) is 17.1 Å². The summed E-state index contributed by atoms with van der Waals surface area (Å²) in [5.41, 5.74) is 2.81. The molecule has 0 atom stereocenters. The van der Waals surface area contributed by atoms with Crippen molar-refractivity contribution in [3.8, 4) is 17.0 Å². The van der Waals surface area contributed by atoms with Crippen LogP contribution in [0.2, 0.25) is 0 Å². The maximum atomic E-state index is 14.7. The molecule has 0 fully saturated rings. The Kier molecular flexibility index (Phi) is 4.95. The molecule has 2 aromatic carbocycles. The molecule has 0 aliphatic heterocycles. The highest BCUT2D eigenvalue weighted by Gasteiger charge is 2.16. The summed E-state index contributed by atoms with van der Waals surface area (Å²) in [5, 5.41) is 5.18. The van der Waals surface area contributed by atoms with E-state index < -0.39 is 11.8 Å². The van der Waals surface area contributed by atoms with E-state index in [0.29, 0.717) is 17.8 Å². The molecule has 0 aliphatic carbocycles. The molecule has 0 spiro atoms. The Morgan fingerprint density at radius 1 is 1.10 bits per heavy atom. The Bertz CT molecular complexity index is 1190. The average molecular weight is 391 g/mol. The first-order valence-electron chi connectivity index (χ1n) is 8.92. The summed E-state index contributed by atoms with van der Waals surface area (Å²) in [6.45, 7) is 0.556. The van der Waals surface area contributed by atoms with Crippen LogP contribution in [0.5, 0.6) is 5.75 Å². The number of benzene rings is 2. The SMILES string of the molecule is COC(=O)c1ccc(-c2nccc3c2cnn3Cc2ccc(OC)cc2)c(F)c1. The van der Waals surface area contributed by atoms with Gasteiger partial charge in [0.15, 0.2) is 0 Å². The van der Waals surface area contributed by atoms with Crippen molar-refractivity contribution in [1.82, 2.24) is 14.8 Å². The minimum absolute atomic E-state index is 0.149. The van der Waals surface area contributed by atoms with Gasteiger partial charge in [-0.25, -0.2) is 9.18 Å². The number of nitrogens with zero attached hydrogens (tertiary/aromatic N) is 3. The minimum Gasteiger partial charge on any atom is -0.497 e. The van der Waals surface area contributed by atoms with E-state index in [1.54, 1.807) is 19.5 Å². The van der Waals surface area contributed by atoms with Gasteiger partial charge in [-0.2, -0.15) is 5.10 Å². The van der Waals surface area contributed by atoms with Gasteiger partial charge in [-0.1, -0.05) is 12.1 Å². The van der Waals surface area contributed by atoms with Gasteiger partial charge in [0.1, 0.15) is 11.6 Å². The molecule has 6 nitrogen and oxygen atoms in total. The molecule has 146 valence electrons. The topological polar surface area (TPSA) is 66.2 Å². The van der Waals surface area contributed by atoms with E-state index in [1.807, 2.05) is 35.0 Å². The number of hydrogen-bond acceptors (Lipinski definition) is 5. The van der Waals surface area contributed by atoms with E-state index in [4.69, 9.17) is 4.74 Å². The zero-order valence-electron chi connectivity index (χ0n) is 15.9. The highest BCUT2D eigenvalue weighted by atomic mass is 19.1. The second-order valence-electron chi connectivity index (χ2n) is 6.43. The summed E-state index contributed by atoms with van der Waals surface area (Å²) in [6, 6.07) is 13.8. The molecule has 7 heteroatoms. The van der Waals surface area contributed by atoms with Gasteiger partial charge in [0.25, 0.3) is 0 Å². The summed E-state index contributed by atoms with van der Waals surface area (Å²) in [5.74, 6) is -0.346. The minimum atomic E-state index is -0.589. The third kappa shape index (κ3) is 3.54. The quantitative estimate of drug-likeness (QED) is 0.480. The second-order valence-corrected chi connectivity index (χ2v) is 6.43. The molecule has 4 rings (SSSR count). The van der Waals surface area contributed by atoms with Crippen molar-refractivity contribution in [3.05, 3.63) is 77.9 Å². The van der Waals surface area contributed by atoms with E-state index in [2.05, 4.69) is 14.8 Å². The fourth-order valence-electron chi connectivity index (χ4n) is 3.20. The number of hydrogen-bond donors (Lipinski definition) is 0. The van der Waals surface area contributed by atoms with E-state index in [0.717, 1.165) is 28.3 Å². The van der Waals surface area contributed by atoms with Crippen LogP contribution in [0.15, 0.2) is 60.9 Å². The van der Waals surface area contributed by atoms with E-state index in [9.17, 15) is 9.18 Å². The zero-order valence-corrected chi connectivity index (χ0v) is 15.9. The first kappa shape index (κ1) is 18.6. The van der Waals surface area contributed by atoms with Crippen LogP contribution in [0, 0.1) is 5.82 Å². The molecular weight excluding hydrogens is 373 g/mol. The van der Waals surface area contributed by atoms with Gasteiger partial charge in [-0.05, 0) is 42.0 Å². The molecular formula is C22H18FN3O3. The Balaban J connectivity index is 1.71. The summed E-state index contributed by atoms with van der Waals surface area (Å²) in [7, 11) is 2.88. The van der Waals surface area contributed by atoms with Gasteiger partial charge in [-0.3, -0.25) is 9.67 Å². The molecule has 2 heterocycles.